The van der Waals surface area contributed by atoms with Crippen molar-refractivity contribution >= 4 is 0 Å². The quantitative estimate of drug-likeness (QED) is 0.755. The summed E-state index contributed by atoms with van der Waals surface area (Å²) in [5.41, 5.74) is 1.25. The van der Waals surface area contributed by atoms with Crippen LogP contribution >= 0.6 is 0 Å². The number of hydrogen-bond donors (Lipinski definition) is 0. The van der Waals surface area contributed by atoms with Crippen molar-refractivity contribution in [2.24, 2.45) is 0 Å². The molecule has 0 aliphatic carbocycles. The standard InChI is InChI=1S/C20H27NO3/c1-3-4-8-17-13-21(12-16-7-5-6-9-20(16)24-17)14-18-10-11-19(23-18)15-22-2/h5-7,9-11,17H,3-4,8,12-15H2,1-2H3/t17-/m0/s1. The molecule has 1 aliphatic heterocycles. The zero-order valence-electron chi connectivity index (χ0n) is 14.7. The van der Waals surface area contributed by atoms with E-state index in [1.165, 1.54) is 18.4 Å². The Morgan fingerprint density at radius 1 is 1.17 bits per heavy atom. The van der Waals surface area contributed by atoms with E-state index in [0.717, 1.165) is 43.3 Å². The molecule has 0 saturated carbocycles. The van der Waals surface area contributed by atoms with Crippen LogP contribution in [0.3, 0.4) is 0 Å². The third kappa shape index (κ3) is 4.40. The van der Waals surface area contributed by atoms with Crippen LogP contribution in [0.4, 0.5) is 0 Å². The largest absolute Gasteiger partial charge is 0.489 e. The Bertz CT molecular complexity index is 637. The van der Waals surface area contributed by atoms with Crippen molar-refractivity contribution in [3.05, 3.63) is 53.5 Å². The Morgan fingerprint density at radius 3 is 2.83 bits per heavy atom. The van der Waals surface area contributed by atoms with Crippen molar-refractivity contribution in [3.63, 3.8) is 0 Å². The van der Waals surface area contributed by atoms with E-state index in [4.69, 9.17) is 13.9 Å². The van der Waals surface area contributed by atoms with E-state index in [2.05, 4.69) is 36.1 Å². The number of benzene rings is 1. The summed E-state index contributed by atoms with van der Waals surface area (Å²) in [5, 5.41) is 0. The first-order chi connectivity index (χ1) is 11.8. The molecule has 4 heteroatoms. The van der Waals surface area contributed by atoms with Gasteiger partial charge in [0.1, 0.15) is 30.0 Å². The van der Waals surface area contributed by atoms with Gasteiger partial charge in [0.2, 0.25) is 0 Å². The SMILES string of the molecule is CCCC[C@H]1CN(Cc2ccc(COC)o2)Cc2ccccc2O1. The summed E-state index contributed by atoms with van der Waals surface area (Å²) >= 11 is 0. The van der Waals surface area contributed by atoms with Crippen LogP contribution < -0.4 is 4.74 Å². The first kappa shape index (κ1) is 17.1. The fourth-order valence-corrected chi connectivity index (χ4v) is 3.21. The van der Waals surface area contributed by atoms with Gasteiger partial charge in [0, 0.05) is 25.8 Å². The monoisotopic (exact) mass is 329 g/mol. The summed E-state index contributed by atoms with van der Waals surface area (Å²) in [6.07, 6.45) is 3.72. The van der Waals surface area contributed by atoms with Crippen molar-refractivity contribution < 1.29 is 13.9 Å². The first-order valence-electron chi connectivity index (χ1n) is 8.82. The summed E-state index contributed by atoms with van der Waals surface area (Å²) in [6.45, 7) is 5.35. The van der Waals surface area contributed by atoms with Crippen LogP contribution in [0.25, 0.3) is 0 Å². The lowest BCUT2D eigenvalue weighted by Crippen LogP contribution is -2.32. The van der Waals surface area contributed by atoms with E-state index >= 15 is 0 Å². The van der Waals surface area contributed by atoms with Gasteiger partial charge >= 0.3 is 0 Å². The van der Waals surface area contributed by atoms with Gasteiger partial charge in [0.05, 0.1) is 6.54 Å². The topological polar surface area (TPSA) is 34.8 Å². The van der Waals surface area contributed by atoms with E-state index in [1.54, 1.807) is 7.11 Å². The summed E-state index contributed by atoms with van der Waals surface area (Å²) in [4.78, 5) is 2.42. The molecule has 130 valence electrons. The Balaban J connectivity index is 1.73. The maximum absolute atomic E-state index is 6.28. The van der Waals surface area contributed by atoms with Crippen LogP contribution in [0.2, 0.25) is 0 Å². The number of unbranched alkanes of at least 4 members (excludes halogenated alkanes) is 1. The molecule has 0 spiro atoms. The molecule has 2 aromatic rings. The molecule has 4 nitrogen and oxygen atoms in total. The summed E-state index contributed by atoms with van der Waals surface area (Å²) < 4.78 is 17.3. The van der Waals surface area contributed by atoms with Crippen molar-refractivity contribution in [3.8, 4) is 5.75 Å². The molecule has 1 aliphatic rings. The van der Waals surface area contributed by atoms with Gasteiger partial charge < -0.3 is 13.9 Å². The van der Waals surface area contributed by atoms with Gasteiger partial charge in [-0.3, -0.25) is 4.90 Å². The third-order valence-electron chi connectivity index (χ3n) is 4.39. The lowest BCUT2D eigenvalue weighted by atomic mass is 10.1. The molecular formula is C20H27NO3. The third-order valence-corrected chi connectivity index (χ3v) is 4.39. The smallest absolute Gasteiger partial charge is 0.129 e. The van der Waals surface area contributed by atoms with Gasteiger partial charge in [-0.25, -0.2) is 0 Å². The highest BCUT2D eigenvalue weighted by molar-refractivity contribution is 5.34. The maximum atomic E-state index is 6.28. The minimum atomic E-state index is 0.238. The molecule has 0 amide bonds. The minimum absolute atomic E-state index is 0.238. The second-order valence-corrected chi connectivity index (χ2v) is 6.46. The number of methoxy groups -OCH3 is 1. The molecule has 1 aromatic carbocycles. The highest BCUT2D eigenvalue weighted by Crippen LogP contribution is 2.27. The molecular weight excluding hydrogens is 302 g/mol. The molecule has 24 heavy (non-hydrogen) atoms. The van der Waals surface area contributed by atoms with Gasteiger partial charge in [-0.05, 0) is 31.0 Å². The van der Waals surface area contributed by atoms with Crippen LogP contribution in [0.1, 0.15) is 43.3 Å². The average Bonchev–Trinajstić information content (AvgIpc) is 2.93. The van der Waals surface area contributed by atoms with E-state index in [-0.39, 0.29) is 6.10 Å². The van der Waals surface area contributed by atoms with Crippen LogP contribution in [0.5, 0.6) is 5.75 Å². The van der Waals surface area contributed by atoms with Gasteiger partial charge in [-0.2, -0.15) is 0 Å². The maximum Gasteiger partial charge on any atom is 0.129 e. The molecule has 0 saturated heterocycles. The van der Waals surface area contributed by atoms with Crippen LogP contribution in [0, 0.1) is 0 Å². The lowest BCUT2D eigenvalue weighted by molar-refractivity contribution is 0.125. The fourth-order valence-electron chi connectivity index (χ4n) is 3.21. The molecule has 1 aromatic heterocycles. The summed E-state index contributed by atoms with van der Waals surface area (Å²) in [5.74, 6) is 2.89. The second kappa shape index (κ2) is 8.36. The first-order valence-corrected chi connectivity index (χ1v) is 8.82. The second-order valence-electron chi connectivity index (χ2n) is 6.46. The number of fused-ring (bicyclic) bond motifs is 1. The summed E-state index contributed by atoms with van der Waals surface area (Å²) in [7, 11) is 1.68. The number of rotatable bonds is 7. The highest BCUT2D eigenvalue weighted by Gasteiger charge is 2.23. The molecule has 0 radical (unpaired) electrons. The highest BCUT2D eigenvalue weighted by atomic mass is 16.5. The van der Waals surface area contributed by atoms with Crippen LogP contribution in [0.15, 0.2) is 40.8 Å². The van der Waals surface area contributed by atoms with E-state index in [9.17, 15) is 0 Å². The normalized spacial score (nSPS) is 18.0. The molecule has 0 fully saturated rings. The molecule has 0 unspecified atom stereocenters. The van der Waals surface area contributed by atoms with Gasteiger partial charge in [-0.1, -0.05) is 31.5 Å². The molecule has 1 atom stereocenters. The minimum Gasteiger partial charge on any atom is -0.489 e. The number of furan rings is 1. The van der Waals surface area contributed by atoms with E-state index in [0.29, 0.717) is 6.61 Å². The van der Waals surface area contributed by atoms with E-state index < -0.39 is 0 Å². The van der Waals surface area contributed by atoms with E-state index in [1.807, 2.05) is 12.1 Å². The Hall–Kier alpha value is -1.78. The van der Waals surface area contributed by atoms with Crippen LogP contribution in [-0.2, 0) is 24.4 Å². The number of nitrogens with zero attached hydrogens (tertiary/aromatic N) is 1. The van der Waals surface area contributed by atoms with Crippen molar-refractivity contribution in [1.29, 1.82) is 0 Å². The Kier molecular flexibility index (Phi) is 5.94. The number of hydrogen-bond acceptors (Lipinski definition) is 4. The van der Waals surface area contributed by atoms with Crippen LogP contribution in [-0.4, -0.2) is 24.7 Å². The molecule has 0 N–H and O–H groups in total. The fraction of sp³-hybridized carbons (Fsp3) is 0.500. The zero-order valence-corrected chi connectivity index (χ0v) is 14.7. The van der Waals surface area contributed by atoms with Crippen molar-refractivity contribution in [1.82, 2.24) is 4.90 Å². The van der Waals surface area contributed by atoms with Crippen molar-refractivity contribution in [2.75, 3.05) is 13.7 Å². The van der Waals surface area contributed by atoms with Gasteiger partial charge in [0.25, 0.3) is 0 Å². The summed E-state index contributed by atoms with van der Waals surface area (Å²) in [6, 6.07) is 12.4. The molecule has 3 rings (SSSR count). The zero-order chi connectivity index (χ0) is 16.8. The molecule has 0 bridgehead atoms. The number of para-hydroxylation sites is 1. The Labute approximate surface area is 144 Å². The average molecular weight is 329 g/mol. The molecule has 2 heterocycles. The van der Waals surface area contributed by atoms with Crippen molar-refractivity contribution in [2.45, 2.75) is 52.0 Å². The predicted molar refractivity (Wildman–Crippen MR) is 93.9 cm³/mol. The lowest BCUT2D eigenvalue weighted by Gasteiger charge is -2.23. The van der Waals surface area contributed by atoms with Gasteiger partial charge in [0.15, 0.2) is 0 Å². The van der Waals surface area contributed by atoms with Gasteiger partial charge in [-0.15, -0.1) is 0 Å². The number of ether oxygens (including phenoxy) is 2. The Morgan fingerprint density at radius 2 is 2.00 bits per heavy atom. The predicted octanol–water partition coefficient (Wildman–Crippen LogP) is 4.38.